The Morgan fingerprint density at radius 2 is 1.87 bits per heavy atom. The average Bonchev–Trinajstić information content (AvgIpc) is 3.12. The van der Waals surface area contributed by atoms with Gasteiger partial charge in [0.25, 0.3) is 5.24 Å². The summed E-state index contributed by atoms with van der Waals surface area (Å²) in [5.74, 6) is -0.113. The number of aromatic nitrogens is 1. The molecule has 120 valence electrons. The van der Waals surface area contributed by atoms with Crippen molar-refractivity contribution in [2.45, 2.75) is 43.4 Å². The van der Waals surface area contributed by atoms with Crippen molar-refractivity contribution in [2.24, 2.45) is 0 Å². The highest BCUT2D eigenvalue weighted by Gasteiger charge is 2.39. The lowest BCUT2D eigenvalue weighted by Gasteiger charge is -2.24. The summed E-state index contributed by atoms with van der Waals surface area (Å²) in [4.78, 5) is 25.4. The average molecular weight is 328 g/mol. The van der Waals surface area contributed by atoms with E-state index in [0.29, 0.717) is 6.04 Å². The number of amides is 2. The Morgan fingerprint density at radius 1 is 1.09 bits per heavy atom. The van der Waals surface area contributed by atoms with Gasteiger partial charge in [-0.3, -0.25) is 14.5 Å². The minimum absolute atomic E-state index is 0.113. The minimum Gasteiger partial charge on any atom is -0.344 e. The van der Waals surface area contributed by atoms with Crippen LogP contribution in [-0.2, 0) is 4.79 Å². The number of carbonyl (C=O) groups is 2. The van der Waals surface area contributed by atoms with Crippen molar-refractivity contribution >= 4 is 33.8 Å². The van der Waals surface area contributed by atoms with E-state index in [2.05, 4.69) is 22.9 Å². The van der Waals surface area contributed by atoms with Crippen LogP contribution in [0.15, 0.2) is 30.5 Å². The van der Waals surface area contributed by atoms with Gasteiger partial charge in [-0.25, -0.2) is 0 Å². The standard InChI is InChI=1S/C18H20N2O2S/c1-19-17(21)16(23-18(19)22)14-8-5-9-15-13(14)10-11-20(15)12-6-3-2-4-7-12/h5,8-12,16H,2-4,6-7H2,1H3. The summed E-state index contributed by atoms with van der Waals surface area (Å²) in [7, 11) is 1.56. The van der Waals surface area contributed by atoms with E-state index in [4.69, 9.17) is 0 Å². The number of thioether (sulfide) groups is 1. The van der Waals surface area contributed by atoms with Gasteiger partial charge in [0.05, 0.1) is 0 Å². The Hall–Kier alpha value is -1.75. The Labute approximate surface area is 139 Å². The molecular weight excluding hydrogens is 308 g/mol. The highest BCUT2D eigenvalue weighted by atomic mass is 32.2. The molecule has 1 aliphatic carbocycles. The maximum absolute atomic E-state index is 12.3. The Bertz CT molecular complexity index is 776. The van der Waals surface area contributed by atoms with Crippen molar-refractivity contribution in [2.75, 3.05) is 7.05 Å². The fraction of sp³-hybridized carbons (Fsp3) is 0.444. The van der Waals surface area contributed by atoms with E-state index in [1.54, 1.807) is 7.05 Å². The van der Waals surface area contributed by atoms with Crippen LogP contribution in [0, 0.1) is 0 Å². The summed E-state index contributed by atoms with van der Waals surface area (Å²) in [6.45, 7) is 0. The van der Waals surface area contributed by atoms with Gasteiger partial charge in [-0.05, 0) is 42.3 Å². The molecule has 2 aliphatic rings. The van der Waals surface area contributed by atoms with Gasteiger partial charge in [-0.15, -0.1) is 0 Å². The molecule has 0 spiro atoms. The number of hydrogen-bond donors (Lipinski definition) is 0. The lowest BCUT2D eigenvalue weighted by Crippen LogP contribution is -2.24. The van der Waals surface area contributed by atoms with Crippen molar-refractivity contribution in [1.29, 1.82) is 0 Å². The van der Waals surface area contributed by atoms with Crippen LogP contribution in [0.3, 0.4) is 0 Å². The topological polar surface area (TPSA) is 42.3 Å². The summed E-state index contributed by atoms with van der Waals surface area (Å²) in [6.07, 6.45) is 8.53. The first kappa shape index (κ1) is 14.8. The van der Waals surface area contributed by atoms with Gasteiger partial charge < -0.3 is 4.57 Å². The number of benzene rings is 1. The van der Waals surface area contributed by atoms with Crippen molar-refractivity contribution in [3.8, 4) is 0 Å². The quantitative estimate of drug-likeness (QED) is 0.814. The minimum atomic E-state index is -0.404. The number of carbonyl (C=O) groups excluding carboxylic acids is 2. The summed E-state index contributed by atoms with van der Waals surface area (Å²) >= 11 is 1.12. The SMILES string of the molecule is CN1C(=O)SC(c2cccc3c2ccn3C2CCCCC2)C1=O. The maximum atomic E-state index is 12.3. The zero-order valence-electron chi connectivity index (χ0n) is 13.2. The molecule has 0 bridgehead atoms. The van der Waals surface area contributed by atoms with Crippen LogP contribution in [0.4, 0.5) is 4.79 Å². The van der Waals surface area contributed by atoms with E-state index in [1.807, 2.05) is 12.1 Å². The molecule has 5 heteroatoms. The molecule has 4 nitrogen and oxygen atoms in total. The van der Waals surface area contributed by atoms with Crippen LogP contribution in [0.25, 0.3) is 10.9 Å². The molecule has 2 amide bonds. The molecule has 2 fully saturated rings. The lowest BCUT2D eigenvalue weighted by atomic mass is 9.95. The van der Waals surface area contributed by atoms with Crippen molar-refractivity contribution in [3.05, 3.63) is 36.0 Å². The fourth-order valence-electron chi connectivity index (χ4n) is 3.81. The second-order valence-corrected chi connectivity index (χ2v) is 7.51. The third-order valence-corrected chi connectivity index (χ3v) is 6.26. The van der Waals surface area contributed by atoms with Gasteiger partial charge >= 0.3 is 0 Å². The van der Waals surface area contributed by atoms with Crippen LogP contribution < -0.4 is 0 Å². The molecule has 4 rings (SSSR count). The predicted molar refractivity (Wildman–Crippen MR) is 92.6 cm³/mol. The fourth-order valence-corrected chi connectivity index (χ4v) is 4.85. The van der Waals surface area contributed by atoms with E-state index in [9.17, 15) is 9.59 Å². The molecule has 1 aromatic heterocycles. The molecule has 0 N–H and O–H groups in total. The second-order valence-electron chi connectivity index (χ2n) is 6.46. The Kier molecular flexibility index (Phi) is 3.68. The largest absolute Gasteiger partial charge is 0.344 e. The van der Waals surface area contributed by atoms with Gasteiger partial charge in [0.2, 0.25) is 5.91 Å². The number of likely N-dealkylation sites (N-methyl/N-ethyl adjacent to an activating group) is 1. The van der Waals surface area contributed by atoms with Crippen LogP contribution >= 0.6 is 11.8 Å². The van der Waals surface area contributed by atoms with Gasteiger partial charge in [0.15, 0.2) is 0 Å². The first-order valence-corrected chi connectivity index (χ1v) is 9.12. The highest BCUT2D eigenvalue weighted by Crippen LogP contribution is 2.42. The monoisotopic (exact) mass is 328 g/mol. The molecular formula is C18H20N2O2S. The summed E-state index contributed by atoms with van der Waals surface area (Å²) in [5, 5.41) is 0.536. The Morgan fingerprint density at radius 3 is 2.57 bits per heavy atom. The van der Waals surface area contributed by atoms with Gasteiger partial charge in [0, 0.05) is 30.2 Å². The second kappa shape index (κ2) is 5.71. The normalized spacial score (nSPS) is 23.2. The molecule has 2 heterocycles. The summed E-state index contributed by atoms with van der Waals surface area (Å²) in [6, 6.07) is 8.79. The Balaban J connectivity index is 1.76. The van der Waals surface area contributed by atoms with E-state index < -0.39 is 5.25 Å². The number of rotatable bonds is 2. The van der Waals surface area contributed by atoms with E-state index in [-0.39, 0.29) is 11.1 Å². The van der Waals surface area contributed by atoms with Crippen molar-refractivity contribution in [3.63, 3.8) is 0 Å². The van der Waals surface area contributed by atoms with Crippen LogP contribution in [0.1, 0.15) is 49.0 Å². The summed E-state index contributed by atoms with van der Waals surface area (Å²) in [5.41, 5.74) is 2.15. The molecule has 1 aliphatic heterocycles. The van der Waals surface area contributed by atoms with E-state index >= 15 is 0 Å². The zero-order chi connectivity index (χ0) is 16.0. The van der Waals surface area contributed by atoms with Gasteiger partial charge in [-0.1, -0.05) is 31.4 Å². The van der Waals surface area contributed by atoms with Crippen LogP contribution in [0.5, 0.6) is 0 Å². The summed E-state index contributed by atoms with van der Waals surface area (Å²) < 4.78 is 2.37. The predicted octanol–water partition coefficient (Wildman–Crippen LogP) is 4.51. The van der Waals surface area contributed by atoms with Gasteiger partial charge in [-0.2, -0.15) is 0 Å². The molecule has 23 heavy (non-hydrogen) atoms. The molecule has 1 aromatic carbocycles. The van der Waals surface area contributed by atoms with Crippen LogP contribution in [0.2, 0.25) is 0 Å². The number of imide groups is 1. The van der Waals surface area contributed by atoms with E-state index in [0.717, 1.165) is 22.7 Å². The molecule has 1 saturated heterocycles. The van der Waals surface area contributed by atoms with Crippen LogP contribution in [-0.4, -0.2) is 27.7 Å². The maximum Gasteiger partial charge on any atom is 0.289 e. The molecule has 1 unspecified atom stereocenters. The third-order valence-electron chi connectivity index (χ3n) is 5.09. The first-order valence-electron chi connectivity index (χ1n) is 8.24. The van der Waals surface area contributed by atoms with Crippen molar-refractivity contribution < 1.29 is 9.59 Å². The third kappa shape index (κ3) is 2.38. The highest BCUT2D eigenvalue weighted by molar-refractivity contribution is 8.15. The van der Waals surface area contributed by atoms with E-state index in [1.165, 1.54) is 42.5 Å². The molecule has 0 radical (unpaired) electrons. The number of nitrogens with zero attached hydrogens (tertiary/aromatic N) is 2. The number of hydrogen-bond acceptors (Lipinski definition) is 3. The molecule has 1 saturated carbocycles. The molecule has 1 atom stereocenters. The smallest absolute Gasteiger partial charge is 0.289 e. The lowest BCUT2D eigenvalue weighted by molar-refractivity contribution is -0.125. The molecule has 2 aromatic rings. The van der Waals surface area contributed by atoms with Gasteiger partial charge in [0.1, 0.15) is 5.25 Å². The zero-order valence-corrected chi connectivity index (χ0v) is 14.0. The van der Waals surface area contributed by atoms with Crippen molar-refractivity contribution in [1.82, 2.24) is 9.47 Å². The number of fused-ring (bicyclic) bond motifs is 1. The first-order chi connectivity index (χ1) is 11.2.